The van der Waals surface area contributed by atoms with E-state index < -0.39 is 28.9 Å². The van der Waals surface area contributed by atoms with E-state index in [1.54, 1.807) is 6.92 Å². The zero-order chi connectivity index (χ0) is 18.3. The molecule has 1 aliphatic carbocycles. The van der Waals surface area contributed by atoms with E-state index in [0.717, 1.165) is 18.2 Å². The van der Waals surface area contributed by atoms with Gasteiger partial charge in [-0.15, -0.1) is 0 Å². The van der Waals surface area contributed by atoms with E-state index in [1.165, 1.54) is 19.1 Å². The molecule has 6 heteroatoms. The van der Waals surface area contributed by atoms with Crippen LogP contribution in [-0.2, 0) is 5.41 Å². The summed E-state index contributed by atoms with van der Waals surface area (Å²) in [7, 11) is 0. The number of benzene rings is 1. The monoisotopic (exact) mass is 350 g/mol. The fourth-order valence-corrected chi connectivity index (χ4v) is 3.41. The average molecular weight is 350 g/mol. The fourth-order valence-electron chi connectivity index (χ4n) is 3.41. The highest BCUT2D eigenvalue weighted by molar-refractivity contribution is 5.44. The largest absolute Gasteiger partial charge is 0.410 e. The Balaban J connectivity index is 2.79. The smallest absolute Gasteiger partial charge is 0.169 e. The van der Waals surface area contributed by atoms with E-state index in [4.69, 9.17) is 0 Å². The van der Waals surface area contributed by atoms with E-state index in [2.05, 4.69) is 0 Å². The summed E-state index contributed by atoms with van der Waals surface area (Å²) in [4.78, 5) is 0. The van der Waals surface area contributed by atoms with Gasteiger partial charge in [0.1, 0.15) is 0 Å². The van der Waals surface area contributed by atoms with Crippen molar-refractivity contribution in [3.05, 3.63) is 47.0 Å². The molecule has 0 saturated heterocycles. The first-order valence-corrected chi connectivity index (χ1v) is 7.81. The molecule has 24 heavy (non-hydrogen) atoms. The first-order chi connectivity index (χ1) is 10.9. The van der Waals surface area contributed by atoms with Gasteiger partial charge in [0.15, 0.2) is 0 Å². The number of hydrogen-bond donors (Lipinski definition) is 0. The minimum Gasteiger partial charge on any atom is -0.169 e. The van der Waals surface area contributed by atoms with Gasteiger partial charge in [0.25, 0.3) is 0 Å². The minimum atomic E-state index is -5.47. The number of allylic oxidation sites excluding steroid dienone is 2. The molecule has 2 atom stereocenters. The van der Waals surface area contributed by atoms with Crippen molar-refractivity contribution in [3.63, 3.8) is 0 Å². The van der Waals surface area contributed by atoms with Crippen molar-refractivity contribution < 1.29 is 26.3 Å². The zero-order valence-corrected chi connectivity index (χ0v) is 13.7. The van der Waals surface area contributed by atoms with Crippen LogP contribution in [0.5, 0.6) is 0 Å². The second-order valence-corrected chi connectivity index (χ2v) is 6.74. The molecule has 1 aliphatic rings. The second kappa shape index (κ2) is 6.12. The summed E-state index contributed by atoms with van der Waals surface area (Å²) >= 11 is 0. The van der Waals surface area contributed by atoms with Crippen molar-refractivity contribution in [1.29, 1.82) is 0 Å². The SMILES string of the molecule is Cc1cccc(C(C2=CCC(C)C(C)C2)(C(F)(F)F)C(F)(F)F)c1. The molecular weight excluding hydrogens is 330 g/mol. The van der Waals surface area contributed by atoms with Crippen LogP contribution in [0.25, 0.3) is 0 Å². The lowest BCUT2D eigenvalue weighted by molar-refractivity contribution is -0.291. The van der Waals surface area contributed by atoms with Crippen molar-refractivity contribution in [2.75, 3.05) is 0 Å². The molecule has 1 aromatic rings. The van der Waals surface area contributed by atoms with Gasteiger partial charge < -0.3 is 0 Å². The highest BCUT2D eigenvalue weighted by Crippen LogP contribution is 2.58. The third-order valence-electron chi connectivity index (χ3n) is 5.03. The van der Waals surface area contributed by atoms with E-state index in [1.807, 2.05) is 6.92 Å². The predicted molar refractivity (Wildman–Crippen MR) is 80.6 cm³/mol. The second-order valence-electron chi connectivity index (χ2n) is 6.74. The lowest BCUT2D eigenvalue weighted by Gasteiger charge is -2.43. The third-order valence-corrected chi connectivity index (χ3v) is 5.03. The van der Waals surface area contributed by atoms with Crippen LogP contribution in [0.2, 0.25) is 0 Å². The minimum absolute atomic E-state index is 0.0606. The molecular formula is C18H20F6. The molecule has 0 fully saturated rings. The van der Waals surface area contributed by atoms with Crippen LogP contribution in [0, 0.1) is 18.8 Å². The molecule has 0 saturated carbocycles. The molecule has 2 rings (SSSR count). The van der Waals surface area contributed by atoms with Crippen molar-refractivity contribution in [2.45, 2.75) is 51.4 Å². The Hall–Kier alpha value is -1.46. The lowest BCUT2D eigenvalue weighted by atomic mass is 9.66. The molecule has 0 radical (unpaired) electrons. The maximum absolute atomic E-state index is 13.9. The van der Waals surface area contributed by atoms with E-state index in [0.29, 0.717) is 5.56 Å². The van der Waals surface area contributed by atoms with Crippen LogP contribution in [-0.4, -0.2) is 12.4 Å². The Morgan fingerprint density at radius 1 is 0.917 bits per heavy atom. The molecule has 0 aromatic heterocycles. The highest BCUT2D eigenvalue weighted by Gasteiger charge is 2.73. The summed E-state index contributed by atoms with van der Waals surface area (Å²) in [5, 5.41) is 0. The molecule has 0 heterocycles. The zero-order valence-electron chi connectivity index (χ0n) is 13.7. The molecule has 0 spiro atoms. The van der Waals surface area contributed by atoms with Gasteiger partial charge in [-0.05, 0) is 42.7 Å². The Bertz CT molecular complexity index is 609. The van der Waals surface area contributed by atoms with Gasteiger partial charge in [-0.1, -0.05) is 49.8 Å². The van der Waals surface area contributed by atoms with Gasteiger partial charge in [-0.25, -0.2) is 0 Å². The summed E-state index contributed by atoms with van der Waals surface area (Å²) in [6, 6.07) is 4.65. The number of rotatable bonds is 2. The van der Waals surface area contributed by atoms with Gasteiger partial charge >= 0.3 is 12.4 Å². The first-order valence-electron chi connectivity index (χ1n) is 7.81. The maximum atomic E-state index is 13.9. The topological polar surface area (TPSA) is 0 Å². The lowest BCUT2D eigenvalue weighted by Crippen LogP contribution is -2.56. The van der Waals surface area contributed by atoms with Crippen molar-refractivity contribution in [1.82, 2.24) is 0 Å². The van der Waals surface area contributed by atoms with Crippen LogP contribution in [0.1, 0.15) is 37.8 Å². The number of hydrogen-bond acceptors (Lipinski definition) is 0. The van der Waals surface area contributed by atoms with Gasteiger partial charge in [0.2, 0.25) is 5.41 Å². The Kier molecular flexibility index (Phi) is 4.81. The van der Waals surface area contributed by atoms with Crippen molar-refractivity contribution in [2.24, 2.45) is 11.8 Å². The molecule has 134 valence electrons. The standard InChI is InChI=1S/C18H20F6/c1-11-5-4-6-14(9-11)16(17(19,20)21,18(22,23)24)15-8-7-12(2)13(3)10-15/h4-6,8-9,12-13H,7,10H2,1-3H3. The van der Waals surface area contributed by atoms with Crippen molar-refractivity contribution in [3.8, 4) is 0 Å². The summed E-state index contributed by atoms with van der Waals surface area (Å²) in [6.07, 6.45) is -9.78. The Morgan fingerprint density at radius 2 is 1.50 bits per heavy atom. The number of alkyl halides is 6. The molecule has 1 aromatic carbocycles. The average Bonchev–Trinajstić information content (AvgIpc) is 2.40. The molecule has 0 nitrogen and oxygen atoms in total. The molecule has 2 unspecified atom stereocenters. The summed E-state index contributed by atoms with van der Waals surface area (Å²) in [5.74, 6) is -0.177. The van der Waals surface area contributed by atoms with Crippen LogP contribution in [0.15, 0.2) is 35.9 Å². The molecule has 0 bridgehead atoms. The molecule has 0 amide bonds. The van der Waals surface area contributed by atoms with E-state index in [-0.39, 0.29) is 24.7 Å². The van der Waals surface area contributed by atoms with Gasteiger partial charge in [-0.3, -0.25) is 0 Å². The quantitative estimate of drug-likeness (QED) is 0.431. The summed E-state index contributed by atoms with van der Waals surface area (Å²) < 4.78 is 83.6. The van der Waals surface area contributed by atoms with E-state index in [9.17, 15) is 26.3 Å². The summed E-state index contributed by atoms with van der Waals surface area (Å²) in [6.45, 7) is 5.03. The Morgan fingerprint density at radius 3 is 1.96 bits per heavy atom. The van der Waals surface area contributed by atoms with Crippen LogP contribution >= 0.6 is 0 Å². The number of halogens is 6. The summed E-state index contributed by atoms with van der Waals surface area (Å²) in [5.41, 5.74) is -4.92. The Labute approximate surface area is 137 Å². The van der Waals surface area contributed by atoms with Crippen LogP contribution < -0.4 is 0 Å². The van der Waals surface area contributed by atoms with Gasteiger partial charge in [0.05, 0.1) is 0 Å². The normalized spacial score (nSPS) is 23.1. The molecule has 0 aliphatic heterocycles. The third kappa shape index (κ3) is 2.95. The van der Waals surface area contributed by atoms with Gasteiger partial charge in [-0.2, -0.15) is 26.3 Å². The van der Waals surface area contributed by atoms with Crippen LogP contribution in [0.4, 0.5) is 26.3 Å². The highest BCUT2D eigenvalue weighted by atomic mass is 19.4. The fraction of sp³-hybridized carbons (Fsp3) is 0.556. The maximum Gasteiger partial charge on any atom is 0.410 e. The predicted octanol–water partition coefficient (Wildman–Crippen LogP) is 6.35. The first kappa shape index (κ1) is 18.9. The van der Waals surface area contributed by atoms with Crippen LogP contribution in [0.3, 0.4) is 0 Å². The number of aryl methyl sites for hydroxylation is 1. The van der Waals surface area contributed by atoms with Crippen molar-refractivity contribution >= 4 is 0 Å². The van der Waals surface area contributed by atoms with Gasteiger partial charge in [0, 0.05) is 0 Å². The van der Waals surface area contributed by atoms with E-state index >= 15 is 0 Å². The molecule has 0 N–H and O–H groups in total.